The number of hydrogen-bond donors (Lipinski definition) is 1. The molecule has 0 aliphatic heterocycles. The summed E-state index contributed by atoms with van der Waals surface area (Å²) < 4.78 is 41.0. The molecule has 2 aromatic rings. The molecule has 4 nitrogen and oxygen atoms in total. The van der Waals surface area contributed by atoms with E-state index in [1.807, 2.05) is 12.1 Å². The number of rotatable bonds is 4. The number of carbonyl (C=O) groups excluding carboxylic acids is 1. The van der Waals surface area contributed by atoms with E-state index in [1.54, 1.807) is 12.1 Å². The molecule has 0 bridgehead atoms. The van der Waals surface area contributed by atoms with E-state index in [2.05, 4.69) is 5.10 Å². The smallest absolute Gasteiger partial charge is 0.365 e. The van der Waals surface area contributed by atoms with Crippen LogP contribution in [0, 0.1) is 11.8 Å². The number of carbonyl (C=O) groups is 1. The molecule has 0 spiro atoms. The monoisotopic (exact) mass is 349 g/mol. The van der Waals surface area contributed by atoms with Gasteiger partial charge in [0.05, 0.1) is 11.3 Å². The maximum atomic E-state index is 13.3. The summed E-state index contributed by atoms with van der Waals surface area (Å²) in [4.78, 5) is 11.8. The van der Waals surface area contributed by atoms with Gasteiger partial charge in [-0.2, -0.15) is 18.3 Å². The fourth-order valence-corrected chi connectivity index (χ4v) is 3.92. The standard InChI is InChI=1S/C18H18F3N3O/c1-24-15(14(17(22)25)16(23-24)18(19,20)21)11-5-3-2-4-10(11)13-8-12(13)9-6-7-9/h2-5,9,12-13H,6-8H2,1H3,(H2,22,25). The highest BCUT2D eigenvalue weighted by Crippen LogP contribution is 2.60. The number of alkyl halides is 3. The van der Waals surface area contributed by atoms with Gasteiger partial charge >= 0.3 is 6.18 Å². The molecule has 2 fully saturated rings. The van der Waals surface area contributed by atoms with Crippen molar-refractivity contribution in [1.82, 2.24) is 9.78 Å². The van der Waals surface area contributed by atoms with Crippen molar-refractivity contribution in [3.63, 3.8) is 0 Å². The Morgan fingerprint density at radius 2 is 1.96 bits per heavy atom. The van der Waals surface area contributed by atoms with Gasteiger partial charge in [-0.05, 0) is 42.6 Å². The Balaban J connectivity index is 1.86. The van der Waals surface area contributed by atoms with Crippen molar-refractivity contribution in [2.75, 3.05) is 0 Å². The molecule has 4 rings (SSSR count). The van der Waals surface area contributed by atoms with Crippen LogP contribution in [-0.4, -0.2) is 15.7 Å². The number of nitrogens with zero attached hydrogens (tertiary/aromatic N) is 2. The molecule has 25 heavy (non-hydrogen) atoms. The molecule has 2 aliphatic carbocycles. The van der Waals surface area contributed by atoms with Crippen molar-refractivity contribution in [3.05, 3.63) is 41.1 Å². The molecule has 1 aromatic heterocycles. The summed E-state index contributed by atoms with van der Waals surface area (Å²) in [7, 11) is 1.42. The molecule has 1 aromatic carbocycles. The molecule has 2 aliphatic rings. The lowest BCUT2D eigenvalue weighted by Gasteiger charge is -2.12. The second-order valence-electron chi connectivity index (χ2n) is 6.99. The third-order valence-corrected chi connectivity index (χ3v) is 5.24. The van der Waals surface area contributed by atoms with Crippen LogP contribution in [0.4, 0.5) is 13.2 Å². The SMILES string of the molecule is Cn1nc(C(F)(F)F)c(C(N)=O)c1-c1ccccc1C1CC1C1CC1. The lowest BCUT2D eigenvalue weighted by Crippen LogP contribution is -2.18. The van der Waals surface area contributed by atoms with Crippen LogP contribution in [0.3, 0.4) is 0 Å². The van der Waals surface area contributed by atoms with Gasteiger partial charge in [-0.25, -0.2) is 0 Å². The molecule has 2 unspecified atom stereocenters. The van der Waals surface area contributed by atoms with Crippen LogP contribution in [0.15, 0.2) is 24.3 Å². The molecule has 1 amide bonds. The van der Waals surface area contributed by atoms with Gasteiger partial charge in [-0.1, -0.05) is 24.3 Å². The van der Waals surface area contributed by atoms with Gasteiger partial charge in [0.15, 0.2) is 5.69 Å². The fourth-order valence-electron chi connectivity index (χ4n) is 3.92. The maximum Gasteiger partial charge on any atom is 0.435 e. The summed E-state index contributed by atoms with van der Waals surface area (Å²) in [5.41, 5.74) is 5.28. The number of nitrogens with two attached hydrogens (primary N) is 1. The number of amides is 1. The minimum absolute atomic E-state index is 0.150. The molecule has 0 saturated heterocycles. The zero-order valence-corrected chi connectivity index (χ0v) is 13.7. The van der Waals surface area contributed by atoms with E-state index in [4.69, 9.17) is 5.73 Å². The minimum atomic E-state index is -4.73. The average Bonchev–Trinajstić information content (AvgIpc) is 3.41. The predicted molar refractivity (Wildman–Crippen MR) is 85.7 cm³/mol. The lowest BCUT2D eigenvalue weighted by molar-refractivity contribution is -0.141. The first-order chi connectivity index (χ1) is 11.8. The molecular weight excluding hydrogens is 331 g/mol. The summed E-state index contributed by atoms with van der Waals surface area (Å²) in [5.74, 6) is 0.577. The third kappa shape index (κ3) is 2.71. The van der Waals surface area contributed by atoms with Crippen molar-refractivity contribution >= 4 is 5.91 Å². The Kier molecular flexibility index (Phi) is 3.46. The average molecular weight is 349 g/mol. The topological polar surface area (TPSA) is 60.9 Å². The number of aryl methyl sites for hydroxylation is 1. The quantitative estimate of drug-likeness (QED) is 0.914. The van der Waals surface area contributed by atoms with Crippen molar-refractivity contribution in [1.29, 1.82) is 0 Å². The third-order valence-electron chi connectivity index (χ3n) is 5.24. The summed E-state index contributed by atoms with van der Waals surface area (Å²) in [6.45, 7) is 0. The van der Waals surface area contributed by atoms with Crippen molar-refractivity contribution in [3.8, 4) is 11.3 Å². The van der Waals surface area contributed by atoms with E-state index in [9.17, 15) is 18.0 Å². The van der Waals surface area contributed by atoms with E-state index in [-0.39, 0.29) is 5.69 Å². The second-order valence-corrected chi connectivity index (χ2v) is 6.99. The van der Waals surface area contributed by atoms with E-state index < -0.39 is 23.3 Å². The molecule has 1 heterocycles. The lowest BCUT2D eigenvalue weighted by atomic mass is 9.95. The molecule has 132 valence electrons. The first kappa shape index (κ1) is 16.2. The summed E-state index contributed by atoms with van der Waals surface area (Å²) in [5, 5.41) is 3.56. The maximum absolute atomic E-state index is 13.3. The van der Waals surface area contributed by atoms with Gasteiger partial charge in [0.2, 0.25) is 0 Å². The highest BCUT2D eigenvalue weighted by atomic mass is 19.4. The number of benzene rings is 1. The van der Waals surface area contributed by atoms with Gasteiger partial charge in [0.1, 0.15) is 0 Å². The molecule has 2 atom stereocenters. The van der Waals surface area contributed by atoms with Crippen LogP contribution in [0.25, 0.3) is 11.3 Å². The molecule has 0 radical (unpaired) electrons. The highest BCUT2D eigenvalue weighted by Gasteiger charge is 2.49. The molecule has 7 heteroatoms. The zero-order chi connectivity index (χ0) is 17.9. The van der Waals surface area contributed by atoms with Gasteiger partial charge in [-0.3, -0.25) is 9.48 Å². The Hall–Kier alpha value is -2.31. The fraction of sp³-hybridized carbons (Fsp3) is 0.444. The van der Waals surface area contributed by atoms with Gasteiger partial charge in [0, 0.05) is 12.6 Å². The van der Waals surface area contributed by atoms with Crippen LogP contribution >= 0.6 is 0 Å². The molecule has 2 saturated carbocycles. The van der Waals surface area contributed by atoms with E-state index in [1.165, 1.54) is 19.9 Å². The number of primary amides is 1. The van der Waals surface area contributed by atoms with E-state index >= 15 is 0 Å². The van der Waals surface area contributed by atoms with E-state index in [0.717, 1.165) is 22.6 Å². The summed E-state index contributed by atoms with van der Waals surface area (Å²) in [6, 6.07) is 7.33. The Morgan fingerprint density at radius 1 is 1.28 bits per heavy atom. The first-order valence-electron chi connectivity index (χ1n) is 8.32. The normalized spacial score (nSPS) is 22.9. The molecule has 2 N–H and O–H groups in total. The molecular formula is C18H18F3N3O. The summed E-state index contributed by atoms with van der Waals surface area (Å²) in [6.07, 6.45) is -1.21. The Labute approximate surface area is 142 Å². The first-order valence-corrected chi connectivity index (χ1v) is 8.32. The predicted octanol–water partition coefficient (Wildman–Crippen LogP) is 3.72. The van der Waals surface area contributed by atoms with Gasteiger partial charge in [-0.15, -0.1) is 0 Å². The summed E-state index contributed by atoms with van der Waals surface area (Å²) >= 11 is 0. The van der Waals surface area contributed by atoms with E-state index in [0.29, 0.717) is 17.4 Å². The number of halogens is 3. The van der Waals surface area contributed by atoms with Crippen molar-refractivity contribution in [2.45, 2.75) is 31.4 Å². The highest BCUT2D eigenvalue weighted by molar-refractivity contribution is 6.00. The van der Waals surface area contributed by atoms with Gasteiger partial charge < -0.3 is 5.73 Å². The van der Waals surface area contributed by atoms with Crippen LogP contribution < -0.4 is 5.73 Å². The van der Waals surface area contributed by atoms with Crippen LogP contribution in [-0.2, 0) is 13.2 Å². The van der Waals surface area contributed by atoms with Crippen molar-refractivity contribution in [2.24, 2.45) is 24.6 Å². The second kappa shape index (κ2) is 5.34. The number of hydrogen-bond acceptors (Lipinski definition) is 2. The van der Waals surface area contributed by atoms with Crippen LogP contribution in [0.5, 0.6) is 0 Å². The number of aromatic nitrogens is 2. The Morgan fingerprint density at radius 3 is 2.56 bits per heavy atom. The van der Waals surface area contributed by atoms with Crippen LogP contribution in [0.2, 0.25) is 0 Å². The largest absolute Gasteiger partial charge is 0.435 e. The van der Waals surface area contributed by atoms with Crippen molar-refractivity contribution < 1.29 is 18.0 Å². The minimum Gasteiger partial charge on any atom is -0.365 e. The van der Waals surface area contributed by atoms with Gasteiger partial charge in [0.25, 0.3) is 5.91 Å². The Bertz CT molecular complexity index is 852. The zero-order valence-electron chi connectivity index (χ0n) is 13.7. The van der Waals surface area contributed by atoms with Crippen LogP contribution in [0.1, 0.15) is 46.8 Å².